The van der Waals surface area contributed by atoms with Crippen LogP contribution in [0.25, 0.3) is 0 Å². The largest absolute Gasteiger partial charge is 0.497 e. The molecule has 0 aliphatic heterocycles. The maximum atomic E-state index is 9.25. The Balaban J connectivity index is 2.38. The van der Waals surface area contributed by atoms with Gasteiger partial charge in [-0.1, -0.05) is 13.0 Å². The third kappa shape index (κ3) is 2.29. The lowest BCUT2D eigenvalue weighted by molar-refractivity contribution is 0.406. The van der Waals surface area contributed by atoms with Gasteiger partial charge in [-0.25, -0.2) is 0 Å². The molecule has 0 saturated carbocycles. The van der Waals surface area contributed by atoms with Crippen LogP contribution < -0.4 is 4.74 Å². The van der Waals surface area contributed by atoms with Crippen molar-refractivity contribution in [3.05, 3.63) is 29.3 Å². The van der Waals surface area contributed by atoms with E-state index in [4.69, 9.17) is 4.74 Å². The van der Waals surface area contributed by atoms with Crippen molar-refractivity contribution >= 4 is 0 Å². The fourth-order valence-electron chi connectivity index (χ4n) is 2.82. The molecule has 1 aliphatic carbocycles. The number of benzene rings is 1. The summed E-state index contributed by atoms with van der Waals surface area (Å²) in [5, 5.41) is 9.25. The molecular formula is C15H19NO. The van der Waals surface area contributed by atoms with Crippen molar-refractivity contribution in [1.82, 2.24) is 0 Å². The monoisotopic (exact) mass is 229 g/mol. The average Bonchev–Trinajstić information content (AvgIpc) is 2.40. The molecule has 1 aromatic rings. The van der Waals surface area contributed by atoms with Crippen LogP contribution in [-0.4, -0.2) is 7.11 Å². The standard InChI is InChI=1S/C15H19NO/c1-3-11(10-16)14-6-4-5-12-7-8-13(17-2)9-15(12)14/h7-9,11,14H,3-6H2,1-2H3. The van der Waals surface area contributed by atoms with E-state index >= 15 is 0 Å². The first-order valence-electron chi connectivity index (χ1n) is 6.36. The molecule has 90 valence electrons. The molecule has 2 nitrogen and oxygen atoms in total. The predicted octanol–water partition coefficient (Wildman–Crippen LogP) is 3.66. The van der Waals surface area contributed by atoms with Gasteiger partial charge < -0.3 is 4.74 Å². The number of nitriles is 1. The minimum absolute atomic E-state index is 0.140. The molecule has 0 spiro atoms. The number of fused-ring (bicyclic) bond motifs is 1. The second-order valence-electron chi connectivity index (χ2n) is 4.71. The van der Waals surface area contributed by atoms with Crippen LogP contribution in [0, 0.1) is 17.2 Å². The van der Waals surface area contributed by atoms with E-state index in [1.807, 2.05) is 6.07 Å². The second kappa shape index (κ2) is 5.23. The molecule has 17 heavy (non-hydrogen) atoms. The van der Waals surface area contributed by atoms with Gasteiger partial charge in [0.15, 0.2) is 0 Å². The molecule has 1 aromatic carbocycles. The quantitative estimate of drug-likeness (QED) is 0.792. The van der Waals surface area contributed by atoms with Crippen LogP contribution in [0.15, 0.2) is 18.2 Å². The Morgan fingerprint density at radius 1 is 1.53 bits per heavy atom. The molecule has 0 fully saturated rings. The smallest absolute Gasteiger partial charge is 0.119 e. The van der Waals surface area contributed by atoms with Crippen molar-refractivity contribution in [2.75, 3.05) is 7.11 Å². The highest BCUT2D eigenvalue weighted by atomic mass is 16.5. The molecule has 0 amide bonds. The number of ether oxygens (including phenoxy) is 1. The summed E-state index contributed by atoms with van der Waals surface area (Å²) >= 11 is 0. The third-order valence-corrected chi connectivity index (χ3v) is 3.81. The first-order valence-corrected chi connectivity index (χ1v) is 6.36. The van der Waals surface area contributed by atoms with Gasteiger partial charge >= 0.3 is 0 Å². The van der Waals surface area contributed by atoms with Crippen molar-refractivity contribution in [3.63, 3.8) is 0 Å². The van der Waals surface area contributed by atoms with Crippen LogP contribution in [-0.2, 0) is 6.42 Å². The average molecular weight is 229 g/mol. The van der Waals surface area contributed by atoms with E-state index in [1.54, 1.807) is 7.11 Å². The Hall–Kier alpha value is -1.49. The molecule has 0 bridgehead atoms. The lowest BCUT2D eigenvalue weighted by Gasteiger charge is -2.28. The van der Waals surface area contributed by atoms with Gasteiger partial charge in [0.25, 0.3) is 0 Å². The maximum Gasteiger partial charge on any atom is 0.119 e. The summed E-state index contributed by atoms with van der Waals surface area (Å²) in [6, 6.07) is 8.76. The second-order valence-corrected chi connectivity index (χ2v) is 4.71. The number of hydrogen-bond donors (Lipinski definition) is 0. The minimum atomic E-state index is 0.140. The fraction of sp³-hybridized carbons (Fsp3) is 0.533. The number of nitrogens with zero attached hydrogens (tertiary/aromatic N) is 1. The van der Waals surface area contributed by atoms with Crippen molar-refractivity contribution in [2.24, 2.45) is 5.92 Å². The highest BCUT2D eigenvalue weighted by molar-refractivity contribution is 5.40. The number of rotatable bonds is 3. The maximum absolute atomic E-state index is 9.25. The van der Waals surface area contributed by atoms with E-state index in [0.29, 0.717) is 5.92 Å². The Bertz CT molecular complexity index is 433. The van der Waals surface area contributed by atoms with Crippen LogP contribution in [0.5, 0.6) is 5.75 Å². The van der Waals surface area contributed by atoms with Gasteiger partial charge in [-0.15, -0.1) is 0 Å². The summed E-state index contributed by atoms with van der Waals surface area (Å²) in [4.78, 5) is 0. The van der Waals surface area contributed by atoms with E-state index in [2.05, 4.69) is 25.1 Å². The zero-order chi connectivity index (χ0) is 12.3. The first-order chi connectivity index (χ1) is 8.30. The lowest BCUT2D eigenvalue weighted by Crippen LogP contribution is -2.17. The van der Waals surface area contributed by atoms with Crippen LogP contribution in [0.2, 0.25) is 0 Å². The summed E-state index contributed by atoms with van der Waals surface area (Å²) in [5.74, 6) is 1.44. The van der Waals surface area contributed by atoms with Gasteiger partial charge in [0.2, 0.25) is 0 Å². The number of hydrogen-bond acceptors (Lipinski definition) is 2. The SMILES string of the molecule is CCC(C#N)C1CCCc2ccc(OC)cc21. The summed E-state index contributed by atoms with van der Waals surface area (Å²) in [7, 11) is 1.70. The van der Waals surface area contributed by atoms with Crippen LogP contribution in [0.1, 0.15) is 43.2 Å². The third-order valence-electron chi connectivity index (χ3n) is 3.81. The molecule has 0 N–H and O–H groups in total. The highest BCUT2D eigenvalue weighted by Crippen LogP contribution is 2.39. The predicted molar refractivity (Wildman–Crippen MR) is 68.1 cm³/mol. The van der Waals surface area contributed by atoms with Crippen molar-refractivity contribution in [2.45, 2.75) is 38.5 Å². The molecule has 0 radical (unpaired) electrons. The van der Waals surface area contributed by atoms with Gasteiger partial charge in [0.1, 0.15) is 5.75 Å². The Morgan fingerprint density at radius 2 is 2.35 bits per heavy atom. The zero-order valence-corrected chi connectivity index (χ0v) is 10.6. The Labute approximate surface area is 103 Å². The topological polar surface area (TPSA) is 33.0 Å². The molecule has 0 heterocycles. The van der Waals surface area contributed by atoms with E-state index in [0.717, 1.165) is 25.0 Å². The van der Waals surface area contributed by atoms with Crippen molar-refractivity contribution < 1.29 is 4.74 Å². The van der Waals surface area contributed by atoms with E-state index in [9.17, 15) is 5.26 Å². The summed E-state index contributed by atoms with van der Waals surface area (Å²) < 4.78 is 5.29. The molecular weight excluding hydrogens is 210 g/mol. The van der Waals surface area contributed by atoms with Gasteiger partial charge in [0.05, 0.1) is 19.1 Å². The normalized spacial score (nSPS) is 20.2. The van der Waals surface area contributed by atoms with Crippen LogP contribution in [0.3, 0.4) is 0 Å². The zero-order valence-electron chi connectivity index (χ0n) is 10.6. The van der Waals surface area contributed by atoms with Crippen LogP contribution >= 0.6 is 0 Å². The molecule has 2 rings (SSSR count). The highest BCUT2D eigenvalue weighted by Gasteiger charge is 2.27. The Kier molecular flexibility index (Phi) is 3.68. The molecule has 2 atom stereocenters. The van der Waals surface area contributed by atoms with E-state index < -0.39 is 0 Å². The molecule has 1 aliphatic rings. The number of aryl methyl sites for hydroxylation is 1. The van der Waals surface area contributed by atoms with E-state index in [1.165, 1.54) is 17.5 Å². The molecule has 0 aromatic heterocycles. The van der Waals surface area contributed by atoms with Gasteiger partial charge in [0, 0.05) is 5.92 Å². The molecule has 2 heteroatoms. The summed E-state index contributed by atoms with van der Waals surface area (Å²) in [6.45, 7) is 2.10. The molecule has 2 unspecified atom stereocenters. The summed E-state index contributed by atoms with van der Waals surface area (Å²) in [6.07, 6.45) is 4.39. The minimum Gasteiger partial charge on any atom is -0.497 e. The van der Waals surface area contributed by atoms with Crippen LogP contribution in [0.4, 0.5) is 0 Å². The fourth-order valence-corrected chi connectivity index (χ4v) is 2.82. The number of methoxy groups -OCH3 is 1. The van der Waals surface area contributed by atoms with Crippen molar-refractivity contribution in [3.8, 4) is 11.8 Å². The summed E-state index contributed by atoms with van der Waals surface area (Å²) in [5.41, 5.74) is 2.74. The van der Waals surface area contributed by atoms with Crippen molar-refractivity contribution in [1.29, 1.82) is 5.26 Å². The van der Waals surface area contributed by atoms with Gasteiger partial charge in [-0.2, -0.15) is 5.26 Å². The van der Waals surface area contributed by atoms with Gasteiger partial charge in [-0.05, 0) is 48.9 Å². The van der Waals surface area contributed by atoms with E-state index in [-0.39, 0.29) is 5.92 Å². The Morgan fingerprint density at radius 3 is 3.00 bits per heavy atom. The van der Waals surface area contributed by atoms with Gasteiger partial charge in [-0.3, -0.25) is 0 Å². The lowest BCUT2D eigenvalue weighted by atomic mass is 9.75. The molecule has 0 saturated heterocycles. The first kappa shape index (κ1) is 12.0.